The van der Waals surface area contributed by atoms with Crippen LogP contribution in [-0.4, -0.2) is 34.3 Å². The van der Waals surface area contributed by atoms with E-state index in [0.717, 1.165) is 28.5 Å². The molecule has 0 saturated carbocycles. The number of carbonyl (C=O) groups is 2. The minimum atomic E-state index is -0.964. The normalized spacial score (nSPS) is 14.9. The maximum absolute atomic E-state index is 13.6. The molecule has 1 unspecified atom stereocenters. The van der Waals surface area contributed by atoms with E-state index in [1.54, 1.807) is 18.2 Å². The number of hydrogen-bond acceptors (Lipinski definition) is 7. The Morgan fingerprint density at radius 3 is 2.50 bits per heavy atom. The first-order valence-electron chi connectivity index (χ1n) is 13.0. The van der Waals surface area contributed by atoms with Crippen molar-refractivity contribution >= 4 is 62.2 Å². The maximum Gasteiger partial charge on any atom is 0.333 e. The fourth-order valence-electron chi connectivity index (χ4n) is 4.16. The van der Waals surface area contributed by atoms with Gasteiger partial charge >= 0.3 is 5.97 Å². The van der Waals surface area contributed by atoms with Crippen LogP contribution in [0.2, 0.25) is 0 Å². The molecule has 0 bridgehead atoms. The number of benzene rings is 3. The topological polar surface area (TPSA) is 65.1 Å². The van der Waals surface area contributed by atoms with Gasteiger partial charge in [0.05, 0.1) is 22.6 Å². The van der Waals surface area contributed by atoms with Crippen molar-refractivity contribution in [2.75, 3.05) is 13.2 Å². The molecule has 0 aliphatic carbocycles. The quantitative estimate of drug-likeness (QED) is 0.121. The van der Waals surface area contributed by atoms with E-state index in [-0.39, 0.29) is 12.5 Å². The summed E-state index contributed by atoms with van der Waals surface area (Å²) in [6.45, 7) is 6.95. The molecule has 0 N–H and O–H groups in total. The first-order valence-corrected chi connectivity index (χ1v) is 15.0. The lowest BCUT2D eigenvalue weighted by molar-refractivity contribution is -0.151. The van der Waals surface area contributed by atoms with Crippen molar-refractivity contribution in [2.45, 2.75) is 39.8 Å². The van der Waals surface area contributed by atoms with Crippen LogP contribution in [-0.2, 0) is 20.9 Å². The van der Waals surface area contributed by atoms with Crippen LogP contribution < -0.4 is 9.47 Å². The first-order chi connectivity index (χ1) is 19.3. The average Bonchev–Trinajstić information content (AvgIpc) is 3.21. The molecule has 3 aromatic rings. The SMILES string of the molecule is CCCOC(=O)C(c1ccccc1)N1C(=O)/C(=C/c2cc(Br)c(OCc3ccccc3C)c(OCC)c2)SC1=S. The Bertz CT molecular complexity index is 1430. The van der Waals surface area contributed by atoms with Crippen LogP contribution >= 0.6 is 39.9 Å². The van der Waals surface area contributed by atoms with Crippen molar-refractivity contribution < 1.29 is 23.8 Å². The molecule has 40 heavy (non-hydrogen) atoms. The summed E-state index contributed by atoms with van der Waals surface area (Å²) in [5.74, 6) is 0.267. The lowest BCUT2D eigenvalue weighted by atomic mass is 10.1. The molecule has 208 valence electrons. The van der Waals surface area contributed by atoms with Crippen LogP contribution in [0.25, 0.3) is 6.08 Å². The molecule has 1 saturated heterocycles. The Balaban J connectivity index is 1.63. The number of halogens is 1. The highest BCUT2D eigenvalue weighted by Crippen LogP contribution is 2.42. The van der Waals surface area contributed by atoms with Gasteiger partial charge in [-0.05, 0) is 76.7 Å². The summed E-state index contributed by atoms with van der Waals surface area (Å²) in [4.78, 5) is 28.5. The first kappa shape index (κ1) is 29.8. The summed E-state index contributed by atoms with van der Waals surface area (Å²) >= 11 is 10.4. The van der Waals surface area contributed by atoms with Crippen LogP contribution in [0.5, 0.6) is 11.5 Å². The van der Waals surface area contributed by atoms with Crippen LogP contribution in [0.4, 0.5) is 0 Å². The Kier molecular flexibility index (Phi) is 10.4. The Morgan fingerprint density at radius 1 is 1.07 bits per heavy atom. The number of esters is 1. The van der Waals surface area contributed by atoms with E-state index in [0.29, 0.717) is 50.4 Å². The fraction of sp³-hybridized carbons (Fsp3) is 0.258. The van der Waals surface area contributed by atoms with Gasteiger partial charge in [-0.1, -0.05) is 85.5 Å². The van der Waals surface area contributed by atoms with E-state index in [4.69, 9.17) is 26.4 Å². The number of thioether (sulfide) groups is 1. The Hall–Kier alpha value is -3.14. The summed E-state index contributed by atoms with van der Waals surface area (Å²) < 4.78 is 18.5. The molecular weight excluding hydrogens is 610 g/mol. The van der Waals surface area contributed by atoms with Gasteiger partial charge in [0.25, 0.3) is 5.91 Å². The van der Waals surface area contributed by atoms with Crippen molar-refractivity contribution in [2.24, 2.45) is 0 Å². The molecule has 4 rings (SSSR count). The second-order valence-electron chi connectivity index (χ2n) is 9.01. The van der Waals surface area contributed by atoms with Gasteiger partial charge in [-0.15, -0.1) is 0 Å². The zero-order chi connectivity index (χ0) is 28.6. The van der Waals surface area contributed by atoms with Crippen molar-refractivity contribution in [3.8, 4) is 11.5 Å². The smallest absolute Gasteiger partial charge is 0.333 e. The van der Waals surface area contributed by atoms with Gasteiger partial charge in [0.1, 0.15) is 10.9 Å². The molecule has 9 heteroatoms. The highest BCUT2D eigenvalue weighted by molar-refractivity contribution is 9.10. The summed E-state index contributed by atoms with van der Waals surface area (Å²) in [6, 6.07) is 19.9. The standard InChI is InChI=1S/C31H30BrNO5S2/c1-4-15-37-30(35)27(22-12-7-6-8-13-22)33-29(34)26(40-31(33)39)18-21-16-24(32)28(25(17-21)36-5-2)38-19-23-14-10-9-11-20(23)3/h6-14,16-18,27H,4-5,15,19H2,1-3H3/b26-18-. The zero-order valence-corrected chi connectivity index (χ0v) is 25.7. The third-order valence-electron chi connectivity index (χ3n) is 6.13. The van der Waals surface area contributed by atoms with E-state index in [9.17, 15) is 9.59 Å². The predicted molar refractivity (Wildman–Crippen MR) is 166 cm³/mol. The number of rotatable bonds is 11. The Morgan fingerprint density at radius 2 is 1.80 bits per heavy atom. The van der Waals surface area contributed by atoms with Gasteiger partial charge < -0.3 is 14.2 Å². The molecule has 1 aliphatic heterocycles. The van der Waals surface area contributed by atoms with Crippen molar-refractivity contribution in [3.63, 3.8) is 0 Å². The van der Waals surface area contributed by atoms with Gasteiger partial charge in [0, 0.05) is 0 Å². The van der Waals surface area contributed by atoms with Gasteiger partial charge in [-0.3, -0.25) is 9.69 Å². The number of nitrogens with zero attached hydrogens (tertiary/aromatic N) is 1. The molecule has 1 aliphatic rings. The highest BCUT2D eigenvalue weighted by Gasteiger charge is 2.42. The molecule has 3 aromatic carbocycles. The number of amides is 1. The lowest BCUT2D eigenvalue weighted by Gasteiger charge is -2.25. The Labute approximate surface area is 252 Å². The second kappa shape index (κ2) is 14.0. The number of thiocarbonyl (C=S) groups is 1. The van der Waals surface area contributed by atoms with E-state index >= 15 is 0 Å². The summed E-state index contributed by atoms with van der Waals surface area (Å²) in [5, 5.41) is 0. The maximum atomic E-state index is 13.6. The third-order valence-corrected chi connectivity index (χ3v) is 8.05. The molecule has 1 atom stereocenters. The molecular formula is C31H30BrNO5S2. The van der Waals surface area contributed by atoms with Crippen LogP contribution in [0.3, 0.4) is 0 Å². The van der Waals surface area contributed by atoms with Gasteiger partial charge in [-0.2, -0.15) is 0 Å². The molecule has 0 radical (unpaired) electrons. The number of hydrogen-bond donors (Lipinski definition) is 0. The second-order valence-corrected chi connectivity index (χ2v) is 11.5. The molecule has 1 amide bonds. The van der Waals surface area contributed by atoms with Gasteiger partial charge in [0.15, 0.2) is 17.5 Å². The van der Waals surface area contributed by atoms with Crippen molar-refractivity contribution in [1.82, 2.24) is 4.90 Å². The molecule has 6 nitrogen and oxygen atoms in total. The zero-order valence-electron chi connectivity index (χ0n) is 22.5. The molecule has 0 spiro atoms. The summed E-state index contributed by atoms with van der Waals surface area (Å²) in [6.07, 6.45) is 2.42. The largest absolute Gasteiger partial charge is 0.490 e. The predicted octanol–water partition coefficient (Wildman–Crippen LogP) is 7.63. The lowest BCUT2D eigenvalue weighted by Crippen LogP contribution is -2.38. The van der Waals surface area contributed by atoms with Crippen LogP contribution in [0, 0.1) is 6.92 Å². The van der Waals surface area contributed by atoms with E-state index < -0.39 is 12.0 Å². The van der Waals surface area contributed by atoms with E-state index in [2.05, 4.69) is 15.9 Å². The van der Waals surface area contributed by atoms with Crippen molar-refractivity contribution in [3.05, 3.63) is 98.4 Å². The average molecular weight is 641 g/mol. The van der Waals surface area contributed by atoms with Gasteiger partial charge in [-0.25, -0.2) is 4.79 Å². The fourth-order valence-corrected chi connectivity index (χ4v) is 6.04. The summed E-state index contributed by atoms with van der Waals surface area (Å²) in [5.41, 5.74) is 3.58. The number of carbonyl (C=O) groups excluding carboxylic acids is 2. The molecule has 1 heterocycles. The van der Waals surface area contributed by atoms with Crippen LogP contribution in [0.15, 0.2) is 76.1 Å². The van der Waals surface area contributed by atoms with E-state index in [1.807, 2.05) is 75.4 Å². The van der Waals surface area contributed by atoms with Crippen molar-refractivity contribution in [1.29, 1.82) is 0 Å². The van der Waals surface area contributed by atoms with Crippen LogP contribution in [0.1, 0.15) is 48.6 Å². The minimum Gasteiger partial charge on any atom is -0.490 e. The monoisotopic (exact) mass is 639 g/mol. The minimum absolute atomic E-state index is 0.263. The molecule has 0 aromatic heterocycles. The van der Waals surface area contributed by atoms with Gasteiger partial charge in [0.2, 0.25) is 0 Å². The number of aryl methyl sites for hydroxylation is 1. The highest BCUT2D eigenvalue weighted by atomic mass is 79.9. The molecule has 1 fully saturated rings. The number of ether oxygens (including phenoxy) is 3. The third kappa shape index (κ3) is 6.95. The van der Waals surface area contributed by atoms with E-state index in [1.165, 1.54) is 4.90 Å². The summed E-state index contributed by atoms with van der Waals surface area (Å²) in [7, 11) is 0.